The predicted octanol–water partition coefficient (Wildman–Crippen LogP) is 4.39. The number of carbonyl (C=O) groups is 1. The van der Waals surface area contributed by atoms with Crippen LogP contribution < -0.4 is 10.2 Å². The molecule has 1 atom stereocenters. The number of hydrogen-bond donors (Lipinski definition) is 1. The zero-order chi connectivity index (χ0) is 15.7. The molecule has 1 amide bonds. The van der Waals surface area contributed by atoms with Gasteiger partial charge in [0.25, 0.3) is 0 Å². The fourth-order valence-electron chi connectivity index (χ4n) is 2.77. The van der Waals surface area contributed by atoms with Crippen LogP contribution in [-0.4, -0.2) is 11.9 Å². The summed E-state index contributed by atoms with van der Waals surface area (Å²) in [7, 11) is 0. The highest BCUT2D eigenvalue weighted by atomic mass is 35.5. The number of anilines is 2. The molecule has 4 heteroatoms. The summed E-state index contributed by atoms with van der Waals surface area (Å²) in [5.41, 5.74) is 4.22. The number of fused-ring (bicyclic) bond motifs is 1. The van der Waals surface area contributed by atoms with Crippen molar-refractivity contribution in [3.8, 4) is 0 Å². The quantitative estimate of drug-likeness (QED) is 0.911. The normalized spacial score (nSPS) is 17.1. The Kier molecular flexibility index (Phi) is 4.08. The molecule has 1 unspecified atom stereocenters. The molecule has 22 heavy (non-hydrogen) atoms. The van der Waals surface area contributed by atoms with Gasteiger partial charge in [-0.05, 0) is 48.7 Å². The van der Waals surface area contributed by atoms with Crippen LogP contribution in [0.1, 0.15) is 24.5 Å². The maximum absolute atomic E-state index is 12.7. The highest BCUT2D eigenvalue weighted by Gasteiger charge is 2.31. The van der Waals surface area contributed by atoms with Crippen molar-refractivity contribution >= 4 is 28.9 Å². The van der Waals surface area contributed by atoms with Crippen LogP contribution in [0.3, 0.4) is 0 Å². The summed E-state index contributed by atoms with van der Waals surface area (Å²) in [6.45, 7) is 4.64. The van der Waals surface area contributed by atoms with Crippen LogP contribution in [-0.2, 0) is 11.3 Å². The predicted molar refractivity (Wildman–Crippen MR) is 91.5 cm³/mol. The first kappa shape index (κ1) is 14.9. The van der Waals surface area contributed by atoms with Crippen molar-refractivity contribution in [1.82, 2.24) is 0 Å². The Balaban J connectivity index is 1.97. The van der Waals surface area contributed by atoms with Gasteiger partial charge in [0, 0.05) is 5.02 Å². The zero-order valence-corrected chi connectivity index (χ0v) is 13.5. The molecule has 2 aromatic rings. The van der Waals surface area contributed by atoms with Gasteiger partial charge >= 0.3 is 0 Å². The number of benzene rings is 2. The lowest BCUT2D eigenvalue weighted by molar-refractivity contribution is -0.119. The summed E-state index contributed by atoms with van der Waals surface area (Å²) in [6.07, 6.45) is 0.767. The van der Waals surface area contributed by atoms with Gasteiger partial charge in [0.2, 0.25) is 5.91 Å². The molecule has 114 valence electrons. The summed E-state index contributed by atoms with van der Waals surface area (Å²) in [6, 6.07) is 13.6. The minimum atomic E-state index is -0.165. The van der Waals surface area contributed by atoms with Crippen molar-refractivity contribution < 1.29 is 4.79 Å². The Morgan fingerprint density at radius 2 is 1.91 bits per heavy atom. The van der Waals surface area contributed by atoms with E-state index in [0.717, 1.165) is 23.4 Å². The number of aryl methyl sites for hydroxylation is 1. The van der Waals surface area contributed by atoms with Crippen molar-refractivity contribution in [3.63, 3.8) is 0 Å². The molecule has 1 aliphatic rings. The Labute approximate surface area is 135 Å². The molecule has 1 N–H and O–H groups in total. The molecule has 0 spiro atoms. The summed E-state index contributed by atoms with van der Waals surface area (Å²) in [5, 5.41) is 4.06. The van der Waals surface area contributed by atoms with E-state index < -0.39 is 0 Å². The van der Waals surface area contributed by atoms with Crippen molar-refractivity contribution in [2.75, 3.05) is 10.2 Å². The molecule has 1 heterocycles. The molecule has 0 fully saturated rings. The van der Waals surface area contributed by atoms with E-state index in [-0.39, 0.29) is 11.9 Å². The fraction of sp³-hybridized carbons (Fsp3) is 0.278. The van der Waals surface area contributed by atoms with Crippen molar-refractivity contribution in [3.05, 3.63) is 58.6 Å². The van der Waals surface area contributed by atoms with Gasteiger partial charge in [-0.2, -0.15) is 0 Å². The van der Waals surface area contributed by atoms with Crippen LogP contribution in [0.5, 0.6) is 0 Å². The topological polar surface area (TPSA) is 32.3 Å². The van der Waals surface area contributed by atoms with Crippen LogP contribution in [0.25, 0.3) is 0 Å². The van der Waals surface area contributed by atoms with Crippen LogP contribution in [0.15, 0.2) is 42.5 Å². The van der Waals surface area contributed by atoms with Gasteiger partial charge in [-0.15, -0.1) is 0 Å². The summed E-state index contributed by atoms with van der Waals surface area (Å²) < 4.78 is 0. The molecule has 2 aromatic carbocycles. The highest BCUT2D eigenvalue weighted by molar-refractivity contribution is 6.30. The van der Waals surface area contributed by atoms with E-state index >= 15 is 0 Å². The van der Waals surface area contributed by atoms with Gasteiger partial charge in [0.1, 0.15) is 6.04 Å². The van der Waals surface area contributed by atoms with Crippen molar-refractivity contribution in [2.24, 2.45) is 0 Å². The van der Waals surface area contributed by atoms with E-state index in [1.807, 2.05) is 48.2 Å². The number of hydrogen-bond acceptors (Lipinski definition) is 2. The second-order valence-electron chi connectivity index (χ2n) is 5.68. The smallest absolute Gasteiger partial charge is 0.249 e. The third-order valence-corrected chi connectivity index (χ3v) is 4.25. The molecular weight excluding hydrogens is 296 g/mol. The van der Waals surface area contributed by atoms with E-state index in [0.29, 0.717) is 11.6 Å². The van der Waals surface area contributed by atoms with Crippen LogP contribution in [0.4, 0.5) is 11.4 Å². The molecule has 0 bridgehead atoms. The summed E-state index contributed by atoms with van der Waals surface area (Å²) in [5.74, 6) is 0.119. The molecule has 3 rings (SSSR count). The SMILES string of the molecule is CCC1Nc2cc(C)ccc2N(Cc2ccc(Cl)cc2)C1=O. The third kappa shape index (κ3) is 2.81. The lowest BCUT2D eigenvalue weighted by Gasteiger charge is -2.35. The number of nitrogens with one attached hydrogen (secondary N) is 1. The number of carbonyl (C=O) groups excluding carboxylic acids is 1. The number of amides is 1. The van der Waals surface area contributed by atoms with Crippen LogP contribution >= 0.6 is 11.6 Å². The van der Waals surface area contributed by atoms with E-state index in [1.54, 1.807) is 0 Å². The average Bonchev–Trinajstić information content (AvgIpc) is 2.51. The first-order valence-corrected chi connectivity index (χ1v) is 7.89. The molecule has 0 aliphatic carbocycles. The second-order valence-corrected chi connectivity index (χ2v) is 6.11. The van der Waals surface area contributed by atoms with E-state index in [2.05, 4.69) is 18.3 Å². The molecule has 3 nitrogen and oxygen atoms in total. The second kappa shape index (κ2) is 6.01. The molecule has 0 saturated heterocycles. The standard InChI is InChI=1S/C18H19ClN2O/c1-3-15-18(22)21(11-13-5-7-14(19)8-6-13)17-9-4-12(2)10-16(17)20-15/h4-10,15,20H,3,11H2,1-2H3. The van der Waals surface area contributed by atoms with Gasteiger partial charge in [0.05, 0.1) is 17.9 Å². The lowest BCUT2D eigenvalue weighted by atomic mass is 10.0. The van der Waals surface area contributed by atoms with Crippen LogP contribution in [0, 0.1) is 6.92 Å². The van der Waals surface area contributed by atoms with E-state index in [1.165, 1.54) is 5.56 Å². The molecule has 0 radical (unpaired) electrons. The van der Waals surface area contributed by atoms with Gasteiger partial charge in [-0.3, -0.25) is 4.79 Å². The van der Waals surface area contributed by atoms with Gasteiger partial charge in [-0.1, -0.05) is 36.7 Å². The molecule has 0 aromatic heterocycles. The molecular formula is C18H19ClN2O. The highest BCUT2D eigenvalue weighted by Crippen LogP contribution is 2.34. The number of nitrogens with zero attached hydrogens (tertiary/aromatic N) is 1. The minimum absolute atomic E-state index is 0.119. The number of rotatable bonds is 3. The fourth-order valence-corrected chi connectivity index (χ4v) is 2.90. The maximum Gasteiger partial charge on any atom is 0.249 e. The molecule has 1 aliphatic heterocycles. The van der Waals surface area contributed by atoms with E-state index in [9.17, 15) is 4.79 Å². The van der Waals surface area contributed by atoms with Gasteiger partial charge < -0.3 is 10.2 Å². The lowest BCUT2D eigenvalue weighted by Crippen LogP contribution is -2.46. The maximum atomic E-state index is 12.7. The summed E-state index contributed by atoms with van der Waals surface area (Å²) >= 11 is 5.94. The summed E-state index contributed by atoms with van der Waals surface area (Å²) in [4.78, 5) is 14.6. The monoisotopic (exact) mass is 314 g/mol. The number of halogens is 1. The Bertz CT molecular complexity index is 697. The third-order valence-electron chi connectivity index (χ3n) is 4.00. The van der Waals surface area contributed by atoms with Gasteiger partial charge in [0.15, 0.2) is 0 Å². The minimum Gasteiger partial charge on any atom is -0.372 e. The first-order valence-electron chi connectivity index (χ1n) is 7.51. The first-order chi connectivity index (χ1) is 10.6. The Hall–Kier alpha value is -2.00. The van der Waals surface area contributed by atoms with Crippen molar-refractivity contribution in [2.45, 2.75) is 32.9 Å². The largest absolute Gasteiger partial charge is 0.372 e. The van der Waals surface area contributed by atoms with Crippen LogP contribution in [0.2, 0.25) is 5.02 Å². The Morgan fingerprint density at radius 1 is 1.18 bits per heavy atom. The van der Waals surface area contributed by atoms with Gasteiger partial charge in [-0.25, -0.2) is 0 Å². The van der Waals surface area contributed by atoms with E-state index in [4.69, 9.17) is 11.6 Å². The van der Waals surface area contributed by atoms with Crippen molar-refractivity contribution in [1.29, 1.82) is 0 Å². The Morgan fingerprint density at radius 3 is 2.59 bits per heavy atom. The average molecular weight is 315 g/mol. The molecule has 0 saturated carbocycles. The zero-order valence-electron chi connectivity index (χ0n) is 12.8.